The van der Waals surface area contributed by atoms with Gasteiger partial charge in [-0.2, -0.15) is 8.42 Å². The van der Waals surface area contributed by atoms with E-state index in [-0.39, 0.29) is 13.0 Å². The highest BCUT2D eigenvalue weighted by atomic mass is 32.2. The summed E-state index contributed by atoms with van der Waals surface area (Å²) in [6.45, 7) is 3.33. The molecule has 0 aliphatic heterocycles. The third kappa shape index (κ3) is 7.21. The Morgan fingerprint density at radius 1 is 1.64 bits per heavy atom. The minimum atomic E-state index is -3.39. The quantitative estimate of drug-likeness (QED) is 0.340. The SMILES string of the molecule is C=C(C=O)CCOS(C)(=O)=O. The van der Waals surface area contributed by atoms with Gasteiger partial charge >= 0.3 is 0 Å². The molecule has 0 heterocycles. The summed E-state index contributed by atoms with van der Waals surface area (Å²) in [6, 6.07) is 0. The van der Waals surface area contributed by atoms with Gasteiger partial charge in [0.15, 0.2) is 0 Å². The molecule has 64 valence electrons. The number of hydrogen-bond acceptors (Lipinski definition) is 4. The Morgan fingerprint density at radius 3 is 2.55 bits per heavy atom. The molecule has 0 atom stereocenters. The summed E-state index contributed by atoms with van der Waals surface area (Å²) in [5.74, 6) is 0. The van der Waals surface area contributed by atoms with E-state index in [9.17, 15) is 13.2 Å². The second-order valence-corrected chi connectivity index (χ2v) is 3.70. The molecule has 0 aromatic rings. The van der Waals surface area contributed by atoms with Crippen molar-refractivity contribution in [2.24, 2.45) is 0 Å². The van der Waals surface area contributed by atoms with E-state index in [1.807, 2.05) is 0 Å². The number of carbonyl (C=O) groups is 1. The molecule has 0 bridgehead atoms. The maximum atomic E-state index is 10.4. The van der Waals surface area contributed by atoms with Gasteiger partial charge in [0.1, 0.15) is 6.29 Å². The maximum absolute atomic E-state index is 10.4. The van der Waals surface area contributed by atoms with Crippen LogP contribution in [0.1, 0.15) is 6.42 Å². The third-order valence-corrected chi connectivity index (χ3v) is 1.48. The van der Waals surface area contributed by atoms with Crippen molar-refractivity contribution in [2.75, 3.05) is 12.9 Å². The molecule has 0 spiro atoms. The lowest BCUT2D eigenvalue weighted by Gasteiger charge is -1.98. The first kappa shape index (κ1) is 10.3. The normalized spacial score (nSPS) is 11.0. The van der Waals surface area contributed by atoms with Gasteiger partial charge in [-0.15, -0.1) is 0 Å². The summed E-state index contributed by atoms with van der Waals surface area (Å²) >= 11 is 0. The van der Waals surface area contributed by atoms with Gasteiger partial charge in [-0.25, -0.2) is 0 Å². The zero-order valence-corrected chi connectivity index (χ0v) is 7.06. The smallest absolute Gasteiger partial charge is 0.264 e. The van der Waals surface area contributed by atoms with Crippen molar-refractivity contribution in [3.8, 4) is 0 Å². The van der Waals surface area contributed by atoms with Crippen LogP contribution in [0.3, 0.4) is 0 Å². The predicted octanol–water partition coefficient (Wildman–Crippen LogP) is 0.108. The molecule has 0 N–H and O–H groups in total. The van der Waals surface area contributed by atoms with Crippen molar-refractivity contribution in [3.63, 3.8) is 0 Å². The van der Waals surface area contributed by atoms with Crippen LogP contribution in [-0.2, 0) is 19.1 Å². The van der Waals surface area contributed by atoms with Crippen LogP contribution in [0.15, 0.2) is 12.2 Å². The van der Waals surface area contributed by atoms with E-state index in [1.54, 1.807) is 0 Å². The van der Waals surface area contributed by atoms with Crippen LogP contribution in [0.4, 0.5) is 0 Å². The molecule has 4 nitrogen and oxygen atoms in total. The van der Waals surface area contributed by atoms with Crippen molar-refractivity contribution in [3.05, 3.63) is 12.2 Å². The van der Waals surface area contributed by atoms with Crippen molar-refractivity contribution in [2.45, 2.75) is 6.42 Å². The van der Waals surface area contributed by atoms with E-state index in [0.29, 0.717) is 11.9 Å². The van der Waals surface area contributed by atoms with E-state index in [1.165, 1.54) is 0 Å². The zero-order valence-electron chi connectivity index (χ0n) is 6.24. The average molecular weight is 178 g/mol. The Kier molecular flexibility index (Phi) is 3.99. The van der Waals surface area contributed by atoms with Crippen molar-refractivity contribution in [1.29, 1.82) is 0 Å². The molecule has 0 aliphatic rings. The molecule has 0 fully saturated rings. The topological polar surface area (TPSA) is 60.4 Å². The Morgan fingerprint density at radius 2 is 2.18 bits per heavy atom. The van der Waals surface area contributed by atoms with Crippen LogP contribution in [0.5, 0.6) is 0 Å². The number of hydrogen-bond donors (Lipinski definition) is 0. The van der Waals surface area contributed by atoms with Gasteiger partial charge in [0.2, 0.25) is 0 Å². The maximum Gasteiger partial charge on any atom is 0.264 e. The first-order valence-electron chi connectivity index (χ1n) is 2.93. The van der Waals surface area contributed by atoms with Crippen LogP contribution >= 0.6 is 0 Å². The standard InChI is InChI=1S/C6H10O4S/c1-6(5-7)3-4-10-11(2,8)9/h5H,1,3-4H2,2H3. The molecule has 0 rings (SSSR count). The Hall–Kier alpha value is -0.680. The van der Waals surface area contributed by atoms with Crippen LogP contribution < -0.4 is 0 Å². The summed E-state index contributed by atoms with van der Waals surface area (Å²) in [7, 11) is -3.39. The summed E-state index contributed by atoms with van der Waals surface area (Å²) in [6.07, 6.45) is 1.78. The molecule has 11 heavy (non-hydrogen) atoms. The molecule has 0 aromatic heterocycles. The zero-order chi connectivity index (χ0) is 8.91. The van der Waals surface area contributed by atoms with Crippen molar-refractivity contribution >= 4 is 16.4 Å². The van der Waals surface area contributed by atoms with Gasteiger partial charge in [0.25, 0.3) is 10.1 Å². The van der Waals surface area contributed by atoms with Crippen LogP contribution in [0.25, 0.3) is 0 Å². The van der Waals surface area contributed by atoms with Gasteiger partial charge < -0.3 is 0 Å². The van der Waals surface area contributed by atoms with Gasteiger partial charge in [0.05, 0.1) is 12.9 Å². The van der Waals surface area contributed by atoms with E-state index < -0.39 is 10.1 Å². The lowest BCUT2D eigenvalue weighted by atomic mass is 10.2. The van der Waals surface area contributed by atoms with E-state index >= 15 is 0 Å². The molecule has 0 saturated carbocycles. The van der Waals surface area contributed by atoms with E-state index in [4.69, 9.17) is 0 Å². The fourth-order valence-electron chi connectivity index (χ4n) is 0.383. The fraction of sp³-hybridized carbons (Fsp3) is 0.500. The molecule has 0 aliphatic carbocycles. The number of carbonyl (C=O) groups excluding carboxylic acids is 1. The molecule has 5 heteroatoms. The van der Waals surface area contributed by atoms with E-state index in [0.717, 1.165) is 6.26 Å². The molecule has 0 unspecified atom stereocenters. The minimum absolute atomic E-state index is 0.0175. The summed E-state index contributed by atoms with van der Waals surface area (Å²) in [5.41, 5.74) is 0.327. The van der Waals surface area contributed by atoms with Crippen LogP contribution in [-0.4, -0.2) is 27.6 Å². The lowest BCUT2D eigenvalue weighted by Crippen LogP contribution is -2.04. The monoisotopic (exact) mass is 178 g/mol. The summed E-state index contributed by atoms with van der Waals surface area (Å²) < 4.78 is 25.1. The Labute approximate surface area is 66.0 Å². The highest BCUT2D eigenvalue weighted by Gasteiger charge is 2.00. The average Bonchev–Trinajstić information content (AvgIpc) is 1.85. The van der Waals surface area contributed by atoms with Gasteiger partial charge in [-0.05, 0) is 12.0 Å². The molecule has 0 aromatic carbocycles. The van der Waals surface area contributed by atoms with Crippen molar-refractivity contribution < 1.29 is 17.4 Å². The first-order valence-corrected chi connectivity index (χ1v) is 4.74. The van der Waals surface area contributed by atoms with Crippen LogP contribution in [0.2, 0.25) is 0 Å². The second-order valence-electron chi connectivity index (χ2n) is 2.05. The summed E-state index contributed by atoms with van der Waals surface area (Å²) in [5, 5.41) is 0. The minimum Gasteiger partial charge on any atom is -0.298 e. The highest BCUT2D eigenvalue weighted by molar-refractivity contribution is 7.85. The second kappa shape index (κ2) is 4.25. The predicted molar refractivity (Wildman–Crippen MR) is 40.6 cm³/mol. The third-order valence-electron chi connectivity index (χ3n) is 0.887. The lowest BCUT2D eigenvalue weighted by molar-refractivity contribution is -0.105. The van der Waals surface area contributed by atoms with E-state index in [2.05, 4.69) is 10.8 Å². The molecular weight excluding hydrogens is 168 g/mol. The molecule has 0 radical (unpaired) electrons. The van der Waals surface area contributed by atoms with Gasteiger partial charge in [-0.3, -0.25) is 8.98 Å². The van der Waals surface area contributed by atoms with Crippen LogP contribution in [0, 0.1) is 0 Å². The largest absolute Gasteiger partial charge is 0.298 e. The van der Waals surface area contributed by atoms with Gasteiger partial charge in [0, 0.05) is 0 Å². The molecular formula is C6H10O4S. The number of rotatable bonds is 5. The highest BCUT2D eigenvalue weighted by Crippen LogP contribution is 1.96. The van der Waals surface area contributed by atoms with Crippen molar-refractivity contribution in [1.82, 2.24) is 0 Å². The molecule has 0 amide bonds. The van der Waals surface area contributed by atoms with Gasteiger partial charge in [-0.1, -0.05) is 6.58 Å². The fourth-order valence-corrected chi connectivity index (χ4v) is 0.769. The number of aldehydes is 1. The Bertz CT molecular complexity index is 239. The summed E-state index contributed by atoms with van der Waals surface area (Å²) in [4.78, 5) is 9.96. The molecule has 0 saturated heterocycles. The Balaban J connectivity index is 3.59. The first-order chi connectivity index (χ1) is 4.95.